The Hall–Kier alpha value is -2.22. The average Bonchev–Trinajstić information content (AvgIpc) is 3.17. The van der Waals surface area contributed by atoms with Crippen molar-refractivity contribution in [2.75, 3.05) is 0 Å². The maximum Gasteiger partial charge on any atom is 0.277 e. The van der Waals surface area contributed by atoms with E-state index in [1.54, 1.807) is 12.4 Å². The third kappa shape index (κ3) is 3.58. The topological polar surface area (TPSA) is 90.7 Å². The van der Waals surface area contributed by atoms with Crippen LogP contribution in [0.25, 0.3) is 11.5 Å². The van der Waals surface area contributed by atoms with Crippen molar-refractivity contribution in [3.8, 4) is 11.5 Å². The molecule has 1 unspecified atom stereocenters. The normalized spacial score (nSPS) is 13.2. The van der Waals surface area contributed by atoms with E-state index in [2.05, 4.69) is 25.3 Å². The molecule has 3 aromatic heterocycles. The molecule has 0 fully saturated rings. The lowest BCUT2D eigenvalue weighted by molar-refractivity contribution is 0.363. The molecule has 0 saturated carbocycles. The van der Waals surface area contributed by atoms with E-state index in [0.29, 0.717) is 22.8 Å². The molecule has 0 amide bonds. The zero-order chi connectivity index (χ0) is 16.4. The first-order chi connectivity index (χ1) is 10.9. The first-order valence-electron chi connectivity index (χ1n) is 7.18. The van der Waals surface area contributed by atoms with Crippen LogP contribution < -0.4 is 0 Å². The third-order valence-electron chi connectivity index (χ3n) is 3.05. The smallest absolute Gasteiger partial charge is 0.277 e. The molecule has 0 radical (unpaired) electrons. The molecule has 0 saturated heterocycles. The van der Waals surface area contributed by atoms with E-state index in [1.807, 2.05) is 39.8 Å². The zero-order valence-corrected chi connectivity index (χ0v) is 14.2. The van der Waals surface area contributed by atoms with Crippen LogP contribution in [0.5, 0.6) is 0 Å². The molecule has 7 nitrogen and oxygen atoms in total. The Morgan fingerprint density at radius 1 is 1.22 bits per heavy atom. The molecule has 8 heteroatoms. The van der Waals surface area contributed by atoms with Crippen LogP contribution in [0.4, 0.5) is 0 Å². The molecule has 0 aromatic carbocycles. The minimum atomic E-state index is -0.149. The fraction of sp³-hybridized carbons (Fsp3) is 0.400. The highest BCUT2D eigenvalue weighted by molar-refractivity contribution is 7.99. The van der Waals surface area contributed by atoms with Crippen LogP contribution in [0.2, 0.25) is 0 Å². The van der Waals surface area contributed by atoms with Crippen molar-refractivity contribution in [1.29, 1.82) is 0 Å². The first-order valence-corrected chi connectivity index (χ1v) is 8.06. The molecule has 0 aliphatic rings. The molecule has 120 valence electrons. The molecule has 0 N–H and O–H groups in total. The Morgan fingerprint density at radius 3 is 2.70 bits per heavy atom. The molecule has 3 heterocycles. The van der Waals surface area contributed by atoms with Crippen molar-refractivity contribution in [3.63, 3.8) is 0 Å². The van der Waals surface area contributed by atoms with E-state index in [0.717, 1.165) is 5.56 Å². The van der Waals surface area contributed by atoms with Crippen molar-refractivity contribution < 1.29 is 8.94 Å². The Bertz CT molecular complexity index is 779. The second-order valence-electron chi connectivity index (χ2n) is 6.08. The quantitative estimate of drug-likeness (QED) is 0.669. The molecule has 0 aliphatic carbocycles. The van der Waals surface area contributed by atoms with Gasteiger partial charge in [0, 0.05) is 17.8 Å². The highest BCUT2D eigenvalue weighted by atomic mass is 32.2. The molecule has 1 atom stereocenters. The molecule has 3 aromatic rings. The Morgan fingerprint density at radius 2 is 2.04 bits per heavy atom. The van der Waals surface area contributed by atoms with Crippen molar-refractivity contribution in [2.24, 2.45) is 0 Å². The predicted molar refractivity (Wildman–Crippen MR) is 84.8 cm³/mol. The lowest BCUT2D eigenvalue weighted by Gasteiger charge is -2.11. The highest BCUT2D eigenvalue weighted by Crippen LogP contribution is 2.35. The van der Waals surface area contributed by atoms with Gasteiger partial charge in [-0.15, -0.1) is 10.2 Å². The van der Waals surface area contributed by atoms with Crippen LogP contribution in [0, 0.1) is 0 Å². The predicted octanol–water partition coefficient (Wildman–Crippen LogP) is 3.67. The zero-order valence-electron chi connectivity index (χ0n) is 13.3. The van der Waals surface area contributed by atoms with Crippen LogP contribution in [0.1, 0.15) is 44.7 Å². The summed E-state index contributed by atoms with van der Waals surface area (Å²) in [5, 5.41) is 12.5. The summed E-state index contributed by atoms with van der Waals surface area (Å²) in [6.07, 6.45) is 3.37. The van der Waals surface area contributed by atoms with E-state index in [4.69, 9.17) is 8.94 Å². The van der Waals surface area contributed by atoms with E-state index >= 15 is 0 Å². The Kier molecular flexibility index (Phi) is 4.16. The summed E-state index contributed by atoms with van der Waals surface area (Å²) in [7, 11) is 0. The minimum Gasteiger partial charge on any atom is -0.411 e. The van der Waals surface area contributed by atoms with Gasteiger partial charge >= 0.3 is 0 Å². The van der Waals surface area contributed by atoms with Gasteiger partial charge in [0.25, 0.3) is 5.22 Å². The standard InChI is InChI=1S/C15H17N5O2S/c1-9(11-17-13(20-22-11)15(2,3)4)23-14-19-18-12(21-14)10-6-5-7-16-8-10/h5-9H,1-4H3. The second-order valence-corrected chi connectivity index (χ2v) is 7.37. The fourth-order valence-corrected chi connectivity index (χ4v) is 2.48. The number of hydrogen-bond donors (Lipinski definition) is 0. The highest BCUT2D eigenvalue weighted by Gasteiger charge is 2.24. The Labute approximate surface area is 137 Å². The lowest BCUT2D eigenvalue weighted by Crippen LogP contribution is -2.13. The monoisotopic (exact) mass is 331 g/mol. The number of nitrogens with zero attached hydrogens (tertiary/aromatic N) is 5. The molecule has 0 aliphatic heterocycles. The largest absolute Gasteiger partial charge is 0.411 e. The van der Waals surface area contributed by atoms with Crippen molar-refractivity contribution >= 4 is 11.8 Å². The van der Waals surface area contributed by atoms with Crippen LogP contribution >= 0.6 is 11.8 Å². The van der Waals surface area contributed by atoms with Gasteiger partial charge in [0.05, 0.1) is 10.8 Å². The summed E-state index contributed by atoms with van der Waals surface area (Å²) in [6, 6.07) is 3.69. The van der Waals surface area contributed by atoms with Crippen LogP contribution in [-0.4, -0.2) is 25.3 Å². The van der Waals surface area contributed by atoms with Crippen LogP contribution in [0.15, 0.2) is 38.7 Å². The SMILES string of the molecule is CC(Sc1nnc(-c2cccnc2)o1)c1nc(C(C)(C)C)no1. The summed E-state index contributed by atoms with van der Waals surface area (Å²) in [5.41, 5.74) is 0.636. The number of aromatic nitrogens is 5. The van der Waals surface area contributed by atoms with E-state index in [1.165, 1.54) is 11.8 Å². The van der Waals surface area contributed by atoms with Gasteiger partial charge in [-0.05, 0) is 19.1 Å². The van der Waals surface area contributed by atoms with E-state index in [-0.39, 0.29) is 10.7 Å². The number of pyridine rings is 1. The summed E-state index contributed by atoms with van der Waals surface area (Å²) >= 11 is 1.38. The minimum absolute atomic E-state index is 0.0826. The van der Waals surface area contributed by atoms with Gasteiger partial charge in [-0.1, -0.05) is 37.7 Å². The van der Waals surface area contributed by atoms with Gasteiger partial charge in [0.1, 0.15) is 0 Å². The van der Waals surface area contributed by atoms with Crippen LogP contribution in [0.3, 0.4) is 0 Å². The maximum atomic E-state index is 5.65. The third-order valence-corrected chi connectivity index (χ3v) is 3.97. The van der Waals surface area contributed by atoms with Crippen molar-refractivity contribution in [3.05, 3.63) is 36.2 Å². The van der Waals surface area contributed by atoms with Crippen molar-refractivity contribution in [2.45, 2.75) is 43.6 Å². The second kappa shape index (κ2) is 6.11. The maximum absolute atomic E-state index is 5.65. The first kappa shape index (κ1) is 15.7. The molecule has 0 bridgehead atoms. The number of thioether (sulfide) groups is 1. The molecule has 23 heavy (non-hydrogen) atoms. The van der Waals surface area contributed by atoms with Gasteiger partial charge in [0.2, 0.25) is 11.8 Å². The lowest BCUT2D eigenvalue weighted by atomic mass is 9.96. The average molecular weight is 331 g/mol. The molecular weight excluding hydrogens is 314 g/mol. The molecule has 0 spiro atoms. The van der Waals surface area contributed by atoms with Gasteiger partial charge in [-0.3, -0.25) is 4.98 Å². The van der Waals surface area contributed by atoms with Gasteiger partial charge in [-0.2, -0.15) is 4.98 Å². The summed E-state index contributed by atoms with van der Waals surface area (Å²) in [6.45, 7) is 8.07. The summed E-state index contributed by atoms with van der Waals surface area (Å²) in [4.78, 5) is 8.48. The van der Waals surface area contributed by atoms with Crippen molar-refractivity contribution in [1.82, 2.24) is 25.3 Å². The Balaban J connectivity index is 1.72. The van der Waals surface area contributed by atoms with Gasteiger partial charge in [-0.25, -0.2) is 0 Å². The van der Waals surface area contributed by atoms with Gasteiger partial charge < -0.3 is 8.94 Å². The number of rotatable bonds is 4. The van der Waals surface area contributed by atoms with Crippen LogP contribution in [-0.2, 0) is 5.41 Å². The summed E-state index contributed by atoms with van der Waals surface area (Å²) < 4.78 is 11.0. The number of hydrogen-bond acceptors (Lipinski definition) is 8. The fourth-order valence-electron chi connectivity index (χ4n) is 1.77. The van der Waals surface area contributed by atoms with E-state index in [9.17, 15) is 0 Å². The summed E-state index contributed by atoms with van der Waals surface area (Å²) in [5.74, 6) is 1.66. The van der Waals surface area contributed by atoms with E-state index < -0.39 is 0 Å². The van der Waals surface area contributed by atoms with Gasteiger partial charge in [0.15, 0.2) is 5.82 Å². The molecular formula is C15H17N5O2S. The molecule has 3 rings (SSSR count).